The normalized spacial score (nSPS) is 9.98. The minimum Gasteiger partial charge on any atom is -0.497 e. The number of anilines is 1. The third-order valence-corrected chi connectivity index (χ3v) is 6.72. The van der Waals surface area contributed by atoms with Gasteiger partial charge in [0.05, 0.1) is 47.3 Å². The molecule has 0 atom stereocenters. The number of hydrogen-bond donors (Lipinski definition) is 3. The van der Waals surface area contributed by atoms with E-state index in [4.69, 9.17) is 36.9 Å². The van der Waals surface area contributed by atoms with Crippen molar-refractivity contribution in [3.8, 4) is 23.3 Å². The highest BCUT2D eigenvalue weighted by atomic mass is 32.1. The number of rotatable bonds is 11. The predicted octanol–water partition coefficient (Wildman–Crippen LogP) is 5.50. The quantitative estimate of drug-likeness (QED) is 0.104. The maximum atomic E-state index is 5.36. The van der Waals surface area contributed by atoms with Gasteiger partial charge in [-0.1, -0.05) is 36.4 Å². The first-order chi connectivity index (χ1) is 22.3. The van der Waals surface area contributed by atoms with Crippen LogP contribution in [0.1, 0.15) is 16.7 Å². The van der Waals surface area contributed by atoms with Crippen LogP contribution in [0.15, 0.2) is 82.8 Å². The molecule has 0 saturated heterocycles. The first-order valence-corrected chi connectivity index (χ1v) is 15.1. The van der Waals surface area contributed by atoms with Crippen molar-refractivity contribution in [2.24, 2.45) is 15.7 Å². The first kappa shape index (κ1) is 37.4. The maximum Gasteiger partial charge on any atom is 0.329 e. The summed E-state index contributed by atoms with van der Waals surface area (Å²) in [5.41, 5.74) is 8.69. The molecule has 4 rings (SSSR count). The zero-order valence-electron chi connectivity index (χ0n) is 26.2. The van der Waals surface area contributed by atoms with Gasteiger partial charge in [0.1, 0.15) is 17.2 Å². The molecule has 0 aliphatic rings. The minimum absolute atomic E-state index is 0.0391. The van der Waals surface area contributed by atoms with E-state index in [0.29, 0.717) is 30.8 Å². The van der Waals surface area contributed by atoms with Crippen molar-refractivity contribution in [1.82, 2.24) is 14.7 Å². The van der Waals surface area contributed by atoms with Crippen LogP contribution in [0, 0.1) is 0 Å². The monoisotopic (exact) mass is 683 g/mol. The molecule has 4 aromatic rings. The van der Waals surface area contributed by atoms with Crippen LogP contribution in [0.25, 0.3) is 0 Å². The van der Waals surface area contributed by atoms with E-state index in [9.17, 15) is 0 Å². The Balaban J connectivity index is 0.000000244. The lowest BCUT2D eigenvalue weighted by molar-refractivity contribution is 0.386. The fourth-order valence-electron chi connectivity index (χ4n) is 3.25. The highest BCUT2D eigenvalue weighted by Crippen LogP contribution is 2.18. The van der Waals surface area contributed by atoms with Crippen LogP contribution >= 0.6 is 36.0 Å². The molecule has 3 aromatic carbocycles. The van der Waals surface area contributed by atoms with E-state index in [1.165, 1.54) is 18.6 Å². The number of isothiocyanates is 1. The average Bonchev–Trinajstić information content (AvgIpc) is 3.58. The van der Waals surface area contributed by atoms with Crippen LogP contribution in [0.4, 0.5) is 5.13 Å². The van der Waals surface area contributed by atoms with E-state index in [1.54, 1.807) is 28.4 Å². The zero-order chi connectivity index (χ0) is 33.6. The topological polar surface area (TPSA) is 147 Å². The fourth-order valence-corrected chi connectivity index (χ4v) is 4.01. The van der Waals surface area contributed by atoms with Gasteiger partial charge in [0.15, 0.2) is 5.11 Å². The van der Waals surface area contributed by atoms with Crippen molar-refractivity contribution in [1.29, 1.82) is 0 Å². The van der Waals surface area contributed by atoms with Gasteiger partial charge in [-0.2, -0.15) is 9.98 Å². The van der Waals surface area contributed by atoms with Gasteiger partial charge < -0.3 is 40.1 Å². The maximum absolute atomic E-state index is 5.36. The highest BCUT2D eigenvalue weighted by Gasteiger charge is 2.03. The van der Waals surface area contributed by atoms with Crippen molar-refractivity contribution in [2.75, 3.05) is 40.9 Å². The van der Waals surface area contributed by atoms with Gasteiger partial charge in [0.2, 0.25) is 5.13 Å². The smallest absolute Gasteiger partial charge is 0.329 e. The number of nitrogens with two attached hydrogens (primary N) is 1. The van der Waals surface area contributed by atoms with Crippen LogP contribution in [-0.2, 0) is 24.4 Å². The Hall–Kier alpha value is -4.82. The summed E-state index contributed by atoms with van der Waals surface area (Å²) in [6, 6.07) is 23.6. The number of thiocarbonyl (C=S) groups is 2. The predicted molar refractivity (Wildman–Crippen MR) is 190 cm³/mol. The molecule has 15 heteroatoms. The highest BCUT2D eigenvalue weighted by molar-refractivity contribution is 7.80. The van der Waals surface area contributed by atoms with Gasteiger partial charge in [0.25, 0.3) is 6.02 Å². The summed E-state index contributed by atoms with van der Waals surface area (Å²) in [5.74, 6) is 2.52. The van der Waals surface area contributed by atoms with Crippen molar-refractivity contribution in [2.45, 2.75) is 19.6 Å². The summed E-state index contributed by atoms with van der Waals surface area (Å²) >= 11 is 10.7. The van der Waals surface area contributed by atoms with Crippen molar-refractivity contribution >= 4 is 57.4 Å². The lowest BCUT2D eigenvalue weighted by Crippen LogP contribution is -2.23. The Bertz CT molecular complexity index is 1530. The SMILES string of the molecule is COC(N)=NC(=S)NCc1ccc(OC)cc1.COc1ccc(CN=C=S)cc1.COc1ccc(CNc2nc(OC)ns2)cc1. The molecule has 0 bridgehead atoms. The Morgan fingerprint density at radius 3 is 1.72 bits per heavy atom. The Morgan fingerprint density at radius 2 is 1.28 bits per heavy atom. The van der Waals surface area contributed by atoms with Gasteiger partial charge in [0, 0.05) is 24.6 Å². The number of hydrogen-bond acceptors (Lipinski definition) is 12. The summed E-state index contributed by atoms with van der Waals surface area (Å²) < 4.78 is 28.8. The summed E-state index contributed by atoms with van der Waals surface area (Å²) in [7, 11) is 7.91. The summed E-state index contributed by atoms with van der Waals surface area (Å²) in [4.78, 5) is 11.8. The molecule has 0 fully saturated rings. The number of methoxy groups -OCH3 is 5. The molecule has 0 aliphatic heterocycles. The minimum atomic E-state index is 0.0391. The second-order valence-corrected chi connectivity index (χ2v) is 10.0. The summed E-state index contributed by atoms with van der Waals surface area (Å²) in [5, 5.41) is 9.48. The van der Waals surface area contributed by atoms with Crippen molar-refractivity contribution < 1.29 is 23.7 Å². The molecule has 0 saturated carbocycles. The van der Waals surface area contributed by atoms with Crippen LogP contribution in [0.3, 0.4) is 0 Å². The lowest BCUT2D eigenvalue weighted by atomic mass is 10.2. The molecule has 0 amide bonds. The third-order valence-electron chi connectivity index (χ3n) is 5.70. The number of ether oxygens (including phenoxy) is 5. The molecule has 0 unspecified atom stereocenters. The molecular weight excluding hydrogens is 647 g/mol. The Morgan fingerprint density at radius 1 is 0.783 bits per heavy atom. The van der Waals surface area contributed by atoms with Crippen LogP contribution < -0.4 is 35.3 Å². The molecule has 46 heavy (non-hydrogen) atoms. The van der Waals surface area contributed by atoms with E-state index in [1.807, 2.05) is 72.8 Å². The molecular formula is C31H37N7O5S3. The van der Waals surface area contributed by atoms with Crippen molar-refractivity contribution in [3.63, 3.8) is 0 Å². The van der Waals surface area contributed by atoms with Gasteiger partial charge in [-0.25, -0.2) is 4.99 Å². The van der Waals surface area contributed by atoms with E-state index in [0.717, 1.165) is 39.1 Å². The number of benzene rings is 3. The van der Waals surface area contributed by atoms with Gasteiger partial charge in [-0.05, 0) is 77.5 Å². The van der Waals surface area contributed by atoms with Gasteiger partial charge in [-0.15, -0.1) is 4.37 Å². The standard InChI is InChI=1S/C11H13N3O2S.C11H15N3O2S.C9H9NOS/c1-15-9-5-3-8(4-6-9)7-12-11-13-10(16-2)14-17-11;1-15-9-5-3-8(4-6-9)7-13-11(17)14-10(12)16-2;1-11-9-4-2-8(3-5-9)6-10-7-12/h3-6H,7H2,1-2H3,(H,12,13,14);3-6H,7H2,1-2H3,(H3,12,13,14,17);2-5H,6H2,1H3. The van der Waals surface area contributed by atoms with E-state index in [-0.39, 0.29) is 6.02 Å². The molecule has 12 nitrogen and oxygen atoms in total. The third kappa shape index (κ3) is 14.8. The Labute approximate surface area is 283 Å². The summed E-state index contributed by atoms with van der Waals surface area (Å²) in [6.45, 7) is 1.86. The molecule has 244 valence electrons. The first-order valence-electron chi connectivity index (χ1n) is 13.5. The number of aromatic nitrogens is 2. The summed E-state index contributed by atoms with van der Waals surface area (Å²) in [6.07, 6.45) is 0. The Kier molecular flexibility index (Phi) is 17.7. The molecule has 0 radical (unpaired) electrons. The van der Waals surface area contributed by atoms with E-state index in [2.05, 4.69) is 52.1 Å². The molecule has 1 heterocycles. The second-order valence-electron chi connectivity index (χ2n) is 8.70. The number of nitrogens with one attached hydrogen (secondary N) is 2. The lowest BCUT2D eigenvalue weighted by Gasteiger charge is -2.06. The van der Waals surface area contributed by atoms with Crippen LogP contribution in [0.5, 0.6) is 23.3 Å². The number of amidine groups is 1. The van der Waals surface area contributed by atoms with Crippen molar-refractivity contribution in [3.05, 3.63) is 89.5 Å². The largest absolute Gasteiger partial charge is 0.497 e. The van der Waals surface area contributed by atoms with E-state index >= 15 is 0 Å². The molecule has 1 aromatic heterocycles. The number of nitrogens with zero attached hydrogens (tertiary/aromatic N) is 4. The van der Waals surface area contributed by atoms with Gasteiger partial charge >= 0.3 is 6.01 Å². The second kappa shape index (κ2) is 21.8. The van der Waals surface area contributed by atoms with Crippen LogP contribution in [-0.4, -0.2) is 61.2 Å². The molecule has 4 N–H and O–H groups in total. The molecule has 0 spiro atoms. The zero-order valence-corrected chi connectivity index (χ0v) is 28.6. The molecule has 0 aliphatic carbocycles. The average molecular weight is 684 g/mol. The van der Waals surface area contributed by atoms with E-state index < -0.39 is 0 Å². The number of aliphatic imine (C=N–C) groups is 2. The van der Waals surface area contributed by atoms with Gasteiger partial charge in [-0.3, -0.25) is 0 Å². The fraction of sp³-hybridized carbons (Fsp3) is 0.258. The van der Waals surface area contributed by atoms with Crippen LogP contribution in [0.2, 0.25) is 0 Å².